The Kier molecular flexibility index (Phi) is 5.42. The van der Waals surface area contributed by atoms with Crippen molar-refractivity contribution in [3.8, 4) is 5.19 Å². The Balaban J connectivity index is 1.51. The molecule has 0 bridgehead atoms. The van der Waals surface area contributed by atoms with E-state index >= 15 is 0 Å². The van der Waals surface area contributed by atoms with Crippen LogP contribution in [0.1, 0.15) is 40.7 Å². The van der Waals surface area contributed by atoms with Crippen LogP contribution in [0.15, 0.2) is 24.3 Å². The van der Waals surface area contributed by atoms with Crippen LogP contribution in [0, 0.1) is 0 Å². The third kappa shape index (κ3) is 4.75. The van der Waals surface area contributed by atoms with Crippen LogP contribution in [0.25, 0.3) is 0 Å². The smallest absolute Gasteiger partial charge is 0.294 e. The number of carbonyl (C=O) groups excluding carboxylic acids is 1. The van der Waals surface area contributed by atoms with Crippen LogP contribution in [0.5, 0.6) is 5.19 Å². The zero-order valence-corrected chi connectivity index (χ0v) is 14.8. The van der Waals surface area contributed by atoms with Crippen molar-refractivity contribution in [1.82, 2.24) is 20.4 Å². The maximum Gasteiger partial charge on any atom is 0.294 e. The highest BCUT2D eigenvalue weighted by molar-refractivity contribution is 7.13. The van der Waals surface area contributed by atoms with E-state index in [2.05, 4.69) is 20.4 Å². The van der Waals surface area contributed by atoms with E-state index in [1.807, 2.05) is 38.2 Å². The topological polar surface area (TPSA) is 67.4 Å². The van der Waals surface area contributed by atoms with Crippen molar-refractivity contribution in [2.45, 2.75) is 38.9 Å². The van der Waals surface area contributed by atoms with Crippen molar-refractivity contribution in [2.75, 3.05) is 13.7 Å². The second-order valence-corrected chi connectivity index (χ2v) is 7.04. The minimum Gasteiger partial charge on any atom is -0.469 e. The molecule has 0 saturated heterocycles. The fraction of sp³-hybridized carbons (Fsp3) is 0.471. The van der Waals surface area contributed by atoms with Gasteiger partial charge in [0.25, 0.3) is 11.1 Å². The molecule has 1 saturated carbocycles. The number of hydrogen-bond donors (Lipinski definition) is 1. The van der Waals surface area contributed by atoms with E-state index in [1.54, 1.807) is 0 Å². The molecule has 0 unspecified atom stereocenters. The molecule has 0 radical (unpaired) electrons. The summed E-state index contributed by atoms with van der Waals surface area (Å²) in [5.74, 6) is 0.0229. The molecule has 1 amide bonds. The number of benzene rings is 1. The molecule has 1 aliphatic rings. The highest BCUT2D eigenvalue weighted by atomic mass is 32.1. The van der Waals surface area contributed by atoms with Crippen LogP contribution in [-0.2, 0) is 13.1 Å². The van der Waals surface area contributed by atoms with E-state index < -0.39 is 0 Å². The Morgan fingerprint density at radius 2 is 2.04 bits per heavy atom. The molecule has 0 atom stereocenters. The van der Waals surface area contributed by atoms with Crippen molar-refractivity contribution in [2.24, 2.45) is 0 Å². The van der Waals surface area contributed by atoms with Crippen LogP contribution < -0.4 is 10.1 Å². The fourth-order valence-corrected chi connectivity index (χ4v) is 3.17. The van der Waals surface area contributed by atoms with Gasteiger partial charge in [-0.05, 0) is 44.5 Å². The van der Waals surface area contributed by atoms with E-state index in [0.717, 1.165) is 35.5 Å². The zero-order chi connectivity index (χ0) is 16.9. The lowest BCUT2D eigenvalue weighted by molar-refractivity contribution is 0.0951. The number of nitrogens with one attached hydrogen (secondary N) is 1. The first-order chi connectivity index (χ1) is 11.6. The van der Waals surface area contributed by atoms with Crippen LogP contribution in [-0.4, -0.2) is 40.7 Å². The molecule has 128 valence electrons. The van der Waals surface area contributed by atoms with Crippen LogP contribution in [0.4, 0.5) is 0 Å². The van der Waals surface area contributed by atoms with Crippen molar-refractivity contribution in [3.05, 3.63) is 40.4 Å². The Hall–Kier alpha value is -1.99. The SMILES string of the molecule is CCOc1nnc(CN(C)Cc2ccc(C(=O)NC3CC3)cc2)s1. The molecule has 1 aromatic carbocycles. The average molecular weight is 346 g/mol. The standard InChI is InChI=1S/C17H22N4O2S/c1-3-23-17-20-19-15(24-17)11-21(2)10-12-4-6-13(7-5-12)16(22)18-14-8-9-14/h4-7,14H,3,8-11H2,1-2H3,(H,18,22). The minimum atomic E-state index is 0.0229. The quantitative estimate of drug-likeness (QED) is 0.795. The molecular formula is C17H22N4O2S. The van der Waals surface area contributed by atoms with Gasteiger partial charge in [-0.1, -0.05) is 23.5 Å². The number of rotatable bonds is 8. The molecule has 0 spiro atoms. The first kappa shape index (κ1) is 16.9. The van der Waals surface area contributed by atoms with Gasteiger partial charge in [0.15, 0.2) is 0 Å². The summed E-state index contributed by atoms with van der Waals surface area (Å²) in [6.45, 7) is 4.04. The molecule has 1 fully saturated rings. The lowest BCUT2D eigenvalue weighted by Gasteiger charge is -2.15. The van der Waals surface area contributed by atoms with E-state index in [4.69, 9.17) is 4.74 Å². The number of carbonyl (C=O) groups is 1. The molecular weight excluding hydrogens is 324 g/mol. The average Bonchev–Trinajstić information content (AvgIpc) is 3.27. The predicted molar refractivity (Wildman–Crippen MR) is 93.2 cm³/mol. The maximum atomic E-state index is 12.0. The number of amides is 1. The minimum absolute atomic E-state index is 0.0229. The number of ether oxygens (including phenoxy) is 1. The first-order valence-corrected chi connectivity index (χ1v) is 8.99. The molecule has 3 rings (SSSR count). The number of nitrogens with zero attached hydrogens (tertiary/aromatic N) is 3. The maximum absolute atomic E-state index is 12.0. The van der Waals surface area contributed by atoms with Gasteiger partial charge in [-0.2, -0.15) is 0 Å². The molecule has 1 aliphatic carbocycles. The van der Waals surface area contributed by atoms with Gasteiger partial charge in [0.1, 0.15) is 5.01 Å². The van der Waals surface area contributed by atoms with Gasteiger partial charge in [0.05, 0.1) is 13.2 Å². The van der Waals surface area contributed by atoms with E-state index in [1.165, 1.54) is 11.3 Å². The van der Waals surface area contributed by atoms with Crippen molar-refractivity contribution >= 4 is 17.2 Å². The van der Waals surface area contributed by atoms with Crippen molar-refractivity contribution in [1.29, 1.82) is 0 Å². The molecule has 7 heteroatoms. The zero-order valence-electron chi connectivity index (χ0n) is 14.0. The summed E-state index contributed by atoms with van der Waals surface area (Å²) in [6.07, 6.45) is 2.20. The van der Waals surface area contributed by atoms with E-state index in [-0.39, 0.29) is 5.91 Å². The van der Waals surface area contributed by atoms with Gasteiger partial charge in [-0.15, -0.1) is 10.2 Å². The molecule has 1 aromatic heterocycles. The predicted octanol–water partition coefficient (Wildman–Crippen LogP) is 2.46. The Morgan fingerprint density at radius 3 is 2.71 bits per heavy atom. The normalized spacial score (nSPS) is 14.0. The first-order valence-electron chi connectivity index (χ1n) is 8.17. The highest BCUT2D eigenvalue weighted by Crippen LogP contribution is 2.20. The van der Waals surface area contributed by atoms with Gasteiger partial charge in [-0.25, -0.2) is 0 Å². The summed E-state index contributed by atoms with van der Waals surface area (Å²) in [6, 6.07) is 8.17. The third-order valence-corrected chi connectivity index (χ3v) is 4.52. The highest BCUT2D eigenvalue weighted by Gasteiger charge is 2.23. The van der Waals surface area contributed by atoms with E-state index in [9.17, 15) is 4.79 Å². The Labute approximate surface area is 145 Å². The lowest BCUT2D eigenvalue weighted by atomic mass is 10.1. The van der Waals surface area contributed by atoms with Gasteiger partial charge in [-0.3, -0.25) is 9.69 Å². The van der Waals surface area contributed by atoms with E-state index in [0.29, 0.717) is 24.4 Å². The molecule has 1 N–H and O–H groups in total. The second-order valence-electron chi connectivity index (χ2n) is 6.01. The summed E-state index contributed by atoms with van der Waals surface area (Å²) in [5.41, 5.74) is 1.88. The monoisotopic (exact) mass is 346 g/mol. The summed E-state index contributed by atoms with van der Waals surface area (Å²) in [4.78, 5) is 14.1. The van der Waals surface area contributed by atoms with Crippen molar-refractivity contribution < 1.29 is 9.53 Å². The molecule has 6 nitrogen and oxygen atoms in total. The van der Waals surface area contributed by atoms with Crippen molar-refractivity contribution in [3.63, 3.8) is 0 Å². The fourth-order valence-electron chi connectivity index (χ4n) is 2.34. The van der Waals surface area contributed by atoms with Gasteiger partial charge in [0.2, 0.25) is 0 Å². The van der Waals surface area contributed by atoms with Gasteiger partial charge < -0.3 is 10.1 Å². The molecule has 0 aliphatic heterocycles. The van der Waals surface area contributed by atoms with Crippen LogP contribution in [0.3, 0.4) is 0 Å². The van der Waals surface area contributed by atoms with Gasteiger partial charge in [0, 0.05) is 18.2 Å². The van der Waals surface area contributed by atoms with Crippen LogP contribution >= 0.6 is 11.3 Å². The third-order valence-electron chi connectivity index (χ3n) is 3.70. The van der Waals surface area contributed by atoms with Gasteiger partial charge >= 0.3 is 0 Å². The second kappa shape index (κ2) is 7.72. The Bertz CT molecular complexity index is 682. The summed E-state index contributed by atoms with van der Waals surface area (Å²) < 4.78 is 5.34. The number of hydrogen-bond acceptors (Lipinski definition) is 6. The summed E-state index contributed by atoms with van der Waals surface area (Å²) >= 11 is 1.48. The van der Waals surface area contributed by atoms with Crippen LogP contribution in [0.2, 0.25) is 0 Å². The molecule has 2 aromatic rings. The summed E-state index contributed by atoms with van der Waals surface area (Å²) in [7, 11) is 2.04. The number of aromatic nitrogens is 2. The lowest BCUT2D eigenvalue weighted by Crippen LogP contribution is -2.25. The molecule has 24 heavy (non-hydrogen) atoms. The summed E-state index contributed by atoms with van der Waals surface area (Å²) in [5, 5.41) is 12.7. The largest absolute Gasteiger partial charge is 0.469 e. The Morgan fingerprint density at radius 1 is 1.29 bits per heavy atom. The molecule has 1 heterocycles.